The summed E-state index contributed by atoms with van der Waals surface area (Å²) in [6, 6.07) is 5.63. The number of nitrogens with zero attached hydrogens (tertiary/aromatic N) is 2. The standard InChI is InChI=1S/C15H19Cl2N3/c1-2-3-7-18-15-19-8-10-20(15)9-6-12-4-5-13(16)11-14(12)17/h4-5,8,10-11H,2-3,6-7,9H2,1H3,(H,18,19). The Kier molecular flexibility index (Phi) is 5.74. The van der Waals surface area contributed by atoms with Gasteiger partial charge in [0.15, 0.2) is 0 Å². The number of hydrogen-bond acceptors (Lipinski definition) is 2. The highest BCUT2D eigenvalue weighted by Crippen LogP contribution is 2.22. The van der Waals surface area contributed by atoms with E-state index in [9.17, 15) is 0 Å². The Bertz CT molecular complexity index is 552. The Balaban J connectivity index is 1.95. The van der Waals surface area contributed by atoms with Gasteiger partial charge in [-0.2, -0.15) is 0 Å². The average Bonchev–Trinajstić information content (AvgIpc) is 2.86. The zero-order chi connectivity index (χ0) is 14.4. The first-order valence-electron chi connectivity index (χ1n) is 6.89. The van der Waals surface area contributed by atoms with Crippen LogP contribution in [0.15, 0.2) is 30.6 Å². The smallest absolute Gasteiger partial charge is 0.202 e. The van der Waals surface area contributed by atoms with Gasteiger partial charge >= 0.3 is 0 Å². The molecule has 5 heteroatoms. The van der Waals surface area contributed by atoms with Crippen molar-refractivity contribution in [1.29, 1.82) is 0 Å². The van der Waals surface area contributed by atoms with Crippen LogP contribution in [0.5, 0.6) is 0 Å². The van der Waals surface area contributed by atoms with Crippen LogP contribution < -0.4 is 5.32 Å². The van der Waals surface area contributed by atoms with Gasteiger partial charge in [0, 0.05) is 35.5 Å². The highest BCUT2D eigenvalue weighted by atomic mass is 35.5. The van der Waals surface area contributed by atoms with Crippen molar-refractivity contribution in [3.63, 3.8) is 0 Å². The molecule has 0 radical (unpaired) electrons. The second kappa shape index (κ2) is 7.55. The van der Waals surface area contributed by atoms with Crippen LogP contribution in [0, 0.1) is 0 Å². The lowest BCUT2D eigenvalue weighted by molar-refractivity contribution is 0.695. The van der Waals surface area contributed by atoms with Gasteiger partial charge in [-0.25, -0.2) is 4.98 Å². The molecule has 2 aromatic rings. The molecule has 20 heavy (non-hydrogen) atoms. The number of benzene rings is 1. The van der Waals surface area contributed by atoms with E-state index in [0.717, 1.165) is 42.5 Å². The number of rotatable bonds is 7. The molecule has 108 valence electrons. The number of aryl methyl sites for hydroxylation is 2. The minimum absolute atomic E-state index is 0.670. The number of unbranched alkanes of at least 4 members (excludes halogenated alkanes) is 1. The Labute approximate surface area is 129 Å². The summed E-state index contributed by atoms with van der Waals surface area (Å²) in [6.07, 6.45) is 6.98. The maximum Gasteiger partial charge on any atom is 0.202 e. The van der Waals surface area contributed by atoms with Crippen molar-refractivity contribution in [2.24, 2.45) is 0 Å². The third kappa shape index (κ3) is 4.15. The SMILES string of the molecule is CCCCNc1nccn1CCc1ccc(Cl)cc1Cl. The van der Waals surface area contributed by atoms with Crippen molar-refractivity contribution >= 4 is 29.2 Å². The zero-order valence-corrected chi connectivity index (χ0v) is 13.1. The summed E-state index contributed by atoms with van der Waals surface area (Å²) in [5.41, 5.74) is 1.10. The third-order valence-electron chi connectivity index (χ3n) is 3.17. The second-order valence-electron chi connectivity index (χ2n) is 4.71. The predicted octanol–water partition coefficient (Wildman–Crippen LogP) is 4.64. The van der Waals surface area contributed by atoms with E-state index >= 15 is 0 Å². The zero-order valence-electron chi connectivity index (χ0n) is 11.6. The first-order valence-corrected chi connectivity index (χ1v) is 7.65. The summed E-state index contributed by atoms with van der Waals surface area (Å²) < 4.78 is 2.11. The number of nitrogens with one attached hydrogen (secondary N) is 1. The first-order chi connectivity index (χ1) is 9.70. The maximum atomic E-state index is 6.19. The number of hydrogen-bond donors (Lipinski definition) is 1. The highest BCUT2D eigenvalue weighted by molar-refractivity contribution is 6.35. The molecule has 0 aliphatic heterocycles. The fraction of sp³-hybridized carbons (Fsp3) is 0.400. The van der Waals surface area contributed by atoms with Crippen LogP contribution in [-0.2, 0) is 13.0 Å². The van der Waals surface area contributed by atoms with Crippen molar-refractivity contribution in [1.82, 2.24) is 9.55 Å². The maximum absolute atomic E-state index is 6.19. The van der Waals surface area contributed by atoms with Crippen molar-refractivity contribution < 1.29 is 0 Å². The molecule has 0 aliphatic rings. The van der Waals surface area contributed by atoms with Crippen molar-refractivity contribution in [2.75, 3.05) is 11.9 Å². The molecule has 2 rings (SSSR count). The van der Waals surface area contributed by atoms with Crippen LogP contribution in [-0.4, -0.2) is 16.1 Å². The molecule has 3 nitrogen and oxygen atoms in total. The Hall–Kier alpha value is -1.19. The summed E-state index contributed by atoms with van der Waals surface area (Å²) >= 11 is 12.1. The van der Waals surface area contributed by atoms with Crippen LogP contribution in [0.25, 0.3) is 0 Å². The van der Waals surface area contributed by atoms with Gasteiger partial charge in [-0.3, -0.25) is 0 Å². The van der Waals surface area contributed by atoms with E-state index in [1.54, 1.807) is 6.07 Å². The molecule has 0 aliphatic carbocycles. The summed E-state index contributed by atoms with van der Waals surface area (Å²) in [7, 11) is 0. The molecule has 0 bridgehead atoms. The first kappa shape index (κ1) is 15.2. The van der Waals surface area contributed by atoms with Gasteiger partial charge in [-0.05, 0) is 30.5 Å². The summed E-state index contributed by atoms with van der Waals surface area (Å²) in [4.78, 5) is 4.33. The summed E-state index contributed by atoms with van der Waals surface area (Å²) in [6.45, 7) is 3.97. The Morgan fingerprint density at radius 3 is 2.90 bits per heavy atom. The Morgan fingerprint density at radius 1 is 1.30 bits per heavy atom. The van der Waals surface area contributed by atoms with E-state index in [1.807, 2.05) is 24.5 Å². The number of imidazole rings is 1. The van der Waals surface area contributed by atoms with Gasteiger partial charge in [-0.15, -0.1) is 0 Å². The molecule has 1 aromatic carbocycles. The summed E-state index contributed by atoms with van der Waals surface area (Å²) in [5, 5.41) is 4.74. The van der Waals surface area contributed by atoms with Crippen molar-refractivity contribution in [3.05, 3.63) is 46.2 Å². The lowest BCUT2D eigenvalue weighted by atomic mass is 10.1. The normalized spacial score (nSPS) is 10.8. The van der Waals surface area contributed by atoms with E-state index in [1.165, 1.54) is 6.42 Å². The molecule has 1 aromatic heterocycles. The van der Waals surface area contributed by atoms with Gasteiger partial charge in [0.25, 0.3) is 0 Å². The molecule has 0 amide bonds. The predicted molar refractivity (Wildman–Crippen MR) is 85.8 cm³/mol. The minimum Gasteiger partial charge on any atom is -0.356 e. The van der Waals surface area contributed by atoms with Gasteiger partial charge < -0.3 is 9.88 Å². The molecule has 0 saturated heterocycles. The number of aromatic nitrogens is 2. The average molecular weight is 312 g/mol. The molecule has 0 saturated carbocycles. The van der Waals surface area contributed by atoms with Crippen molar-refractivity contribution in [2.45, 2.75) is 32.7 Å². The van der Waals surface area contributed by atoms with E-state index in [4.69, 9.17) is 23.2 Å². The molecule has 1 heterocycles. The molecule has 0 spiro atoms. The number of halogens is 2. The molecule has 0 unspecified atom stereocenters. The topological polar surface area (TPSA) is 29.9 Å². The quantitative estimate of drug-likeness (QED) is 0.755. The molecule has 0 fully saturated rings. The lowest BCUT2D eigenvalue weighted by Gasteiger charge is -2.10. The van der Waals surface area contributed by atoms with E-state index in [2.05, 4.69) is 21.8 Å². The van der Waals surface area contributed by atoms with E-state index < -0.39 is 0 Å². The van der Waals surface area contributed by atoms with Gasteiger partial charge in [0.1, 0.15) is 0 Å². The second-order valence-corrected chi connectivity index (χ2v) is 5.55. The molecular formula is C15H19Cl2N3. The molecule has 1 N–H and O–H groups in total. The third-order valence-corrected chi connectivity index (χ3v) is 3.75. The van der Waals surface area contributed by atoms with Crippen molar-refractivity contribution in [3.8, 4) is 0 Å². The van der Waals surface area contributed by atoms with Crippen LogP contribution in [0.3, 0.4) is 0 Å². The fourth-order valence-corrected chi connectivity index (χ4v) is 2.50. The Morgan fingerprint density at radius 2 is 2.15 bits per heavy atom. The van der Waals surface area contributed by atoms with Crippen LogP contribution >= 0.6 is 23.2 Å². The van der Waals surface area contributed by atoms with Gasteiger partial charge in [0.2, 0.25) is 5.95 Å². The minimum atomic E-state index is 0.670. The van der Waals surface area contributed by atoms with Crippen LogP contribution in [0.2, 0.25) is 10.0 Å². The van der Waals surface area contributed by atoms with E-state index in [0.29, 0.717) is 5.02 Å². The largest absolute Gasteiger partial charge is 0.356 e. The van der Waals surface area contributed by atoms with Gasteiger partial charge in [-0.1, -0.05) is 42.6 Å². The monoisotopic (exact) mass is 311 g/mol. The summed E-state index contributed by atoms with van der Waals surface area (Å²) in [5.74, 6) is 0.920. The van der Waals surface area contributed by atoms with Crippen LogP contribution in [0.1, 0.15) is 25.3 Å². The van der Waals surface area contributed by atoms with E-state index in [-0.39, 0.29) is 0 Å². The lowest BCUT2D eigenvalue weighted by Crippen LogP contribution is -2.09. The van der Waals surface area contributed by atoms with Crippen LogP contribution in [0.4, 0.5) is 5.95 Å². The van der Waals surface area contributed by atoms with Gasteiger partial charge in [0.05, 0.1) is 0 Å². The molecular weight excluding hydrogens is 293 g/mol. The fourth-order valence-electron chi connectivity index (χ4n) is 2.00. The highest BCUT2D eigenvalue weighted by Gasteiger charge is 2.05. The molecule has 0 atom stereocenters. The number of anilines is 1.